The van der Waals surface area contributed by atoms with Crippen molar-refractivity contribution in [3.63, 3.8) is 0 Å². The Morgan fingerprint density at radius 2 is 1.84 bits per heavy atom. The first-order valence-corrected chi connectivity index (χ1v) is 11.5. The number of anilines is 1. The summed E-state index contributed by atoms with van der Waals surface area (Å²) in [4.78, 5) is 17.3. The van der Waals surface area contributed by atoms with Crippen molar-refractivity contribution in [3.05, 3.63) is 65.2 Å². The first-order chi connectivity index (χ1) is 15.1. The fourth-order valence-corrected chi connectivity index (χ4v) is 6.08. The number of sulfonamides is 1. The molecule has 12 heteroatoms. The lowest BCUT2D eigenvalue weighted by Crippen LogP contribution is -2.46. The average Bonchev–Trinajstić information content (AvgIpc) is 3.17. The molecule has 32 heavy (non-hydrogen) atoms. The van der Waals surface area contributed by atoms with E-state index in [0.717, 1.165) is 27.6 Å². The van der Waals surface area contributed by atoms with Crippen molar-refractivity contribution in [2.24, 2.45) is 0 Å². The molecule has 1 fully saturated rings. The van der Waals surface area contributed by atoms with Crippen LogP contribution in [-0.2, 0) is 10.0 Å². The van der Waals surface area contributed by atoms with E-state index in [1.54, 1.807) is 18.2 Å². The molecule has 4 rings (SSSR count). The number of rotatable bonds is 5. The number of aromatic nitrogens is 2. The Hall–Kier alpha value is -2.79. The van der Waals surface area contributed by atoms with Crippen LogP contribution >= 0.6 is 11.6 Å². The summed E-state index contributed by atoms with van der Waals surface area (Å²) >= 11 is 6.12. The van der Waals surface area contributed by atoms with Crippen molar-refractivity contribution in [1.82, 2.24) is 9.66 Å². The molecule has 1 aliphatic carbocycles. The first-order valence-electron chi connectivity index (χ1n) is 9.57. The van der Waals surface area contributed by atoms with Crippen LogP contribution in [0.15, 0.2) is 59.7 Å². The van der Waals surface area contributed by atoms with Crippen molar-refractivity contribution in [2.45, 2.75) is 36.3 Å². The van der Waals surface area contributed by atoms with Gasteiger partial charge >= 0.3 is 6.36 Å². The number of benzene rings is 2. The van der Waals surface area contributed by atoms with Crippen molar-refractivity contribution in [2.75, 3.05) is 4.41 Å². The van der Waals surface area contributed by atoms with E-state index in [1.165, 1.54) is 18.2 Å². The molecule has 0 aliphatic heterocycles. The Balaban J connectivity index is 1.88. The molecule has 7 nitrogen and oxygen atoms in total. The molecule has 1 aromatic heterocycles. The van der Waals surface area contributed by atoms with Gasteiger partial charge in [-0.1, -0.05) is 18.2 Å². The zero-order valence-corrected chi connectivity index (χ0v) is 17.9. The second-order valence-corrected chi connectivity index (χ2v) is 9.94. The normalized spacial score (nSPS) is 19.2. The third kappa shape index (κ3) is 4.40. The van der Waals surface area contributed by atoms with E-state index in [4.69, 9.17) is 11.6 Å². The molecule has 0 bridgehead atoms. The van der Waals surface area contributed by atoms with Gasteiger partial charge in [0, 0.05) is 5.38 Å². The average molecular weight is 488 g/mol. The van der Waals surface area contributed by atoms with Gasteiger partial charge in [-0.25, -0.2) is 13.4 Å². The lowest BCUT2D eigenvalue weighted by Gasteiger charge is -2.28. The van der Waals surface area contributed by atoms with Gasteiger partial charge in [0.25, 0.3) is 15.6 Å². The lowest BCUT2D eigenvalue weighted by molar-refractivity contribution is -0.274. The van der Waals surface area contributed by atoms with E-state index in [1.807, 2.05) is 0 Å². The number of hydrogen-bond donors (Lipinski definition) is 0. The van der Waals surface area contributed by atoms with Crippen LogP contribution in [-0.4, -0.2) is 35.1 Å². The molecule has 0 spiro atoms. The minimum atomic E-state index is -4.95. The molecule has 2 unspecified atom stereocenters. The fourth-order valence-electron chi connectivity index (χ4n) is 3.67. The SMILES string of the molecule is O=c1c2cc(OC(F)(F)F)ccc2ncn1N(c1ccccc1)S(=O)(=O)C1CCC(Cl)C1. The number of alkyl halides is 4. The monoisotopic (exact) mass is 487 g/mol. The maximum atomic E-state index is 13.5. The summed E-state index contributed by atoms with van der Waals surface area (Å²) in [5, 5.41) is -1.36. The van der Waals surface area contributed by atoms with Gasteiger partial charge in [0.2, 0.25) is 0 Å². The first kappa shape index (κ1) is 22.4. The van der Waals surface area contributed by atoms with Crippen LogP contribution in [0.4, 0.5) is 18.9 Å². The van der Waals surface area contributed by atoms with Gasteiger partial charge in [-0.2, -0.15) is 9.09 Å². The van der Waals surface area contributed by atoms with E-state index in [0.29, 0.717) is 12.8 Å². The third-order valence-electron chi connectivity index (χ3n) is 5.10. The van der Waals surface area contributed by atoms with Crippen LogP contribution in [0.1, 0.15) is 19.3 Å². The van der Waals surface area contributed by atoms with E-state index in [9.17, 15) is 26.4 Å². The van der Waals surface area contributed by atoms with Crippen molar-refractivity contribution < 1.29 is 26.3 Å². The van der Waals surface area contributed by atoms with Gasteiger partial charge in [0.05, 0.1) is 21.8 Å². The van der Waals surface area contributed by atoms with Gasteiger partial charge in [-0.05, 0) is 49.6 Å². The highest BCUT2D eigenvalue weighted by atomic mass is 35.5. The summed E-state index contributed by atoms with van der Waals surface area (Å²) in [5.41, 5.74) is -0.597. The molecule has 0 radical (unpaired) electrons. The molecule has 3 aromatic rings. The Kier molecular flexibility index (Phi) is 5.80. The molecule has 0 saturated heterocycles. The topological polar surface area (TPSA) is 81.5 Å². The predicted molar refractivity (Wildman–Crippen MR) is 113 cm³/mol. The van der Waals surface area contributed by atoms with E-state index < -0.39 is 32.9 Å². The summed E-state index contributed by atoms with van der Waals surface area (Å²) < 4.78 is 70.4. The summed E-state index contributed by atoms with van der Waals surface area (Å²) in [5.74, 6) is -0.614. The third-order valence-corrected chi connectivity index (χ3v) is 7.64. The molecule has 0 amide bonds. The zero-order chi connectivity index (χ0) is 23.1. The quantitative estimate of drug-likeness (QED) is 0.507. The standard InChI is InChI=1S/C20H17ClF3N3O4S/c21-13-6-8-16(10-13)32(29,30)27(14-4-2-1-3-5-14)26-12-25-18-9-7-15(31-20(22,23)24)11-17(18)19(26)28/h1-5,7,9,11-13,16H,6,8,10H2. The van der Waals surface area contributed by atoms with Crippen LogP contribution in [0.3, 0.4) is 0 Å². The predicted octanol–water partition coefficient (Wildman–Crippen LogP) is 4.05. The molecule has 0 N–H and O–H groups in total. The highest BCUT2D eigenvalue weighted by molar-refractivity contribution is 7.93. The summed E-state index contributed by atoms with van der Waals surface area (Å²) in [6.07, 6.45) is -2.87. The minimum Gasteiger partial charge on any atom is -0.406 e. The Labute approximate surface area is 186 Å². The second kappa shape index (κ2) is 8.28. The number of para-hydroxylation sites is 1. The molecule has 2 aromatic carbocycles. The van der Waals surface area contributed by atoms with Crippen LogP contribution in [0, 0.1) is 0 Å². The van der Waals surface area contributed by atoms with Gasteiger partial charge in [0.15, 0.2) is 0 Å². The molecular weight excluding hydrogens is 471 g/mol. The largest absolute Gasteiger partial charge is 0.573 e. The van der Waals surface area contributed by atoms with Crippen LogP contribution in [0.25, 0.3) is 10.9 Å². The highest BCUT2D eigenvalue weighted by Crippen LogP contribution is 2.33. The number of nitrogens with zero attached hydrogens (tertiary/aromatic N) is 3. The molecule has 2 atom stereocenters. The van der Waals surface area contributed by atoms with Crippen molar-refractivity contribution in [3.8, 4) is 5.75 Å². The Bertz CT molecular complexity index is 1300. The highest BCUT2D eigenvalue weighted by Gasteiger charge is 2.39. The zero-order valence-electron chi connectivity index (χ0n) is 16.4. The molecule has 1 aliphatic rings. The van der Waals surface area contributed by atoms with E-state index >= 15 is 0 Å². The van der Waals surface area contributed by atoms with E-state index in [-0.39, 0.29) is 28.4 Å². The number of fused-ring (bicyclic) bond motifs is 1. The van der Waals surface area contributed by atoms with Crippen LogP contribution in [0.2, 0.25) is 0 Å². The lowest BCUT2D eigenvalue weighted by atomic mass is 10.2. The maximum Gasteiger partial charge on any atom is 0.573 e. The van der Waals surface area contributed by atoms with Crippen LogP contribution in [0.5, 0.6) is 5.75 Å². The van der Waals surface area contributed by atoms with Crippen molar-refractivity contribution >= 4 is 38.2 Å². The van der Waals surface area contributed by atoms with Crippen LogP contribution < -0.4 is 14.7 Å². The number of halogens is 4. The smallest absolute Gasteiger partial charge is 0.406 e. The van der Waals surface area contributed by atoms with Gasteiger partial charge in [-0.3, -0.25) is 4.79 Å². The van der Waals surface area contributed by atoms with Gasteiger partial charge in [-0.15, -0.1) is 24.8 Å². The maximum absolute atomic E-state index is 13.5. The molecular formula is C20H17ClF3N3O4S. The Morgan fingerprint density at radius 1 is 1.12 bits per heavy atom. The molecule has 1 saturated carbocycles. The van der Waals surface area contributed by atoms with Gasteiger partial charge in [0.1, 0.15) is 12.1 Å². The van der Waals surface area contributed by atoms with Crippen molar-refractivity contribution in [1.29, 1.82) is 0 Å². The van der Waals surface area contributed by atoms with Gasteiger partial charge < -0.3 is 4.74 Å². The summed E-state index contributed by atoms with van der Waals surface area (Å²) in [6, 6.07) is 11.0. The molecule has 170 valence electrons. The Morgan fingerprint density at radius 3 is 2.47 bits per heavy atom. The summed E-state index contributed by atoms with van der Waals surface area (Å²) in [7, 11) is -4.11. The second-order valence-electron chi connectivity index (χ2n) is 7.28. The fraction of sp³-hybridized carbons (Fsp3) is 0.300. The minimum absolute atomic E-state index is 0.0906. The molecule has 1 heterocycles. The summed E-state index contributed by atoms with van der Waals surface area (Å²) in [6.45, 7) is 0. The number of ether oxygens (including phenoxy) is 1. The van der Waals surface area contributed by atoms with E-state index in [2.05, 4.69) is 9.72 Å². The number of hydrogen-bond acceptors (Lipinski definition) is 5.